The zero-order valence-corrected chi connectivity index (χ0v) is 12.8. The van der Waals surface area contributed by atoms with Crippen LogP contribution >= 0.6 is 0 Å². The van der Waals surface area contributed by atoms with E-state index in [0.29, 0.717) is 6.61 Å². The number of pyridine rings is 1. The summed E-state index contributed by atoms with van der Waals surface area (Å²) in [7, 11) is 0. The van der Waals surface area contributed by atoms with Gasteiger partial charge in [-0.15, -0.1) is 0 Å². The number of nitrogens with zero attached hydrogens (tertiary/aromatic N) is 1. The van der Waals surface area contributed by atoms with Crippen LogP contribution in [0.25, 0.3) is 10.9 Å². The Hall–Kier alpha value is -1.45. The maximum atomic E-state index is 5.92. The lowest BCUT2D eigenvalue weighted by Crippen LogP contribution is -2.30. The van der Waals surface area contributed by atoms with Crippen molar-refractivity contribution >= 4 is 10.9 Å². The first-order chi connectivity index (χ1) is 9.49. The molecule has 0 radical (unpaired) electrons. The number of fused-ring (bicyclic) bond motifs is 1. The minimum Gasteiger partial charge on any atom is -0.374 e. The van der Waals surface area contributed by atoms with Gasteiger partial charge in [-0.3, -0.25) is 4.98 Å². The molecule has 0 fully saturated rings. The highest BCUT2D eigenvalue weighted by Gasteiger charge is 2.17. The van der Waals surface area contributed by atoms with Crippen LogP contribution in [0, 0.1) is 0 Å². The SMILES string of the molecule is CCNC(COC(C)(C)C)c1cnc2ccccc2c1. The van der Waals surface area contributed by atoms with Crippen LogP contribution in [0.4, 0.5) is 0 Å². The fourth-order valence-electron chi connectivity index (χ4n) is 2.13. The maximum Gasteiger partial charge on any atom is 0.0702 e. The second-order valence-electron chi connectivity index (χ2n) is 5.99. The van der Waals surface area contributed by atoms with Gasteiger partial charge in [-0.1, -0.05) is 25.1 Å². The summed E-state index contributed by atoms with van der Waals surface area (Å²) in [6.07, 6.45) is 1.95. The summed E-state index contributed by atoms with van der Waals surface area (Å²) in [4.78, 5) is 4.53. The Bertz CT molecular complexity index is 560. The van der Waals surface area contributed by atoms with Gasteiger partial charge in [0.15, 0.2) is 0 Å². The standard InChI is InChI=1S/C17H24N2O/c1-5-18-16(12-20-17(2,3)4)14-10-13-8-6-7-9-15(13)19-11-14/h6-11,16,18H,5,12H2,1-4H3. The van der Waals surface area contributed by atoms with Gasteiger partial charge in [-0.05, 0) is 45.0 Å². The smallest absolute Gasteiger partial charge is 0.0702 e. The molecule has 1 heterocycles. The number of likely N-dealkylation sites (N-methyl/N-ethyl adjacent to an activating group) is 1. The number of para-hydroxylation sites is 1. The van der Waals surface area contributed by atoms with Gasteiger partial charge in [0.2, 0.25) is 0 Å². The first kappa shape index (κ1) is 14.9. The molecule has 3 nitrogen and oxygen atoms in total. The Labute approximate surface area is 121 Å². The normalized spacial score (nSPS) is 13.6. The molecule has 1 atom stereocenters. The summed E-state index contributed by atoms with van der Waals surface area (Å²) in [5.41, 5.74) is 2.08. The van der Waals surface area contributed by atoms with Crippen LogP contribution in [-0.2, 0) is 4.74 Å². The molecular weight excluding hydrogens is 248 g/mol. The summed E-state index contributed by atoms with van der Waals surface area (Å²) in [6.45, 7) is 9.90. The lowest BCUT2D eigenvalue weighted by atomic mass is 10.1. The number of rotatable bonds is 5. The van der Waals surface area contributed by atoms with Crippen LogP contribution in [0.3, 0.4) is 0 Å². The molecule has 0 bridgehead atoms. The molecule has 1 unspecified atom stereocenters. The van der Waals surface area contributed by atoms with Crippen molar-refractivity contribution in [2.75, 3.05) is 13.2 Å². The molecule has 0 aliphatic rings. The van der Waals surface area contributed by atoms with Gasteiger partial charge in [0.25, 0.3) is 0 Å². The van der Waals surface area contributed by atoms with Crippen LogP contribution in [-0.4, -0.2) is 23.7 Å². The van der Waals surface area contributed by atoms with Crippen molar-refractivity contribution < 1.29 is 4.74 Å². The van der Waals surface area contributed by atoms with Gasteiger partial charge < -0.3 is 10.1 Å². The van der Waals surface area contributed by atoms with E-state index in [-0.39, 0.29) is 11.6 Å². The highest BCUT2D eigenvalue weighted by molar-refractivity contribution is 5.78. The van der Waals surface area contributed by atoms with Crippen molar-refractivity contribution in [1.82, 2.24) is 10.3 Å². The lowest BCUT2D eigenvalue weighted by Gasteiger charge is -2.25. The Morgan fingerprint density at radius 3 is 2.70 bits per heavy atom. The molecule has 0 spiro atoms. The van der Waals surface area contributed by atoms with Gasteiger partial charge >= 0.3 is 0 Å². The highest BCUT2D eigenvalue weighted by atomic mass is 16.5. The van der Waals surface area contributed by atoms with Gasteiger partial charge in [0, 0.05) is 11.6 Å². The van der Waals surface area contributed by atoms with E-state index in [9.17, 15) is 0 Å². The van der Waals surface area contributed by atoms with Crippen molar-refractivity contribution in [2.24, 2.45) is 0 Å². The average Bonchev–Trinajstić information content (AvgIpc) is 2.42. The molecule has 0 aliphatic carbocycles. The van der Waals surface area contributed by atoms with Crippen LogP contribution in [0.2, 0.25) is 0 Å². The molecule has 0 amide bonds. The molecule has 0 aliphatic heterocycles. The Balaban J connectivity index is 2.21. The van der Waals surface area contributed by atoms with Crippen molar-refractivity contribution in [3.8, 4) is 0 Å². The van der Waals surface area contributed by atoms with Gasteiger partial charge in [-0.25, -0.2) is 0 Å². The second kappa shape index (κ2) is 6.33. The minimum absolute atomic E-state index is 0.127. The highest BCUT2D eigenvalue weighted by Crippen LogP contribution is 2.20. The summed E-state index contributed by atoms with van der Waals surface area (Å²) < 4.78 is 5.92. The maximum absolute atomic E-state index is 5.92. The van der Waals surface area contributed by atoms with Crippen LogP contribution in [0.1, 0.15) is 39.3 Å². The van der Waals surface area contributed by atoms with Gasteiger partial charge in [0.05, 0.1) is 23.8 Å². The van der Waals surface area contributed by atoms with E-state index in [1.54, 1.807) is 0 Å². The molecule has 1 aromatic carbocycles. The number of hydrogen-bond acceptors (Lipinski definition) is 3. The topological polar surface area (TPSA) is 34.1 Å². The number of nitrogens with one attached hydrogen (secondary N) is 1. The van der Waals surface area contributed by atoms with Crippen LogP contribution < -0.4 is 5.32 Å². The fourth-order valence-corrected chi connectivity index (χ4v) is 2.13. The zero-order valence-electron chi connectivity index (χ0n) is 12.8. The van der Waals surface area contributed by atoms with Crippen LogP contribution in [0.5, 0.6) is 0 Å². The largest absolute Gasteiger partial charge is 0.374 e. The fraction of sp³-hybridized carbons (Fsp3) is 0.471. The first-order valence-electron chi connectivity index (χ1n) is 7.21. The third-order valence-electron chi connectivity index (χ3n) is 3.15. The van der Waals surface area contributed by atoms with E-state index in [4.69, 9.17) is 4.74 Å². The molecule has 3 heteroatoms. The monoisotopic (exact) mass is 272 g/mol. The van der Waals surface area contributed by atoms with Gasteiger partial charge in [-0.2, -0.15) is 0 Å². The predicted molar refractivity (Wildman–Crippen MR) is 83.9 cm³/mol. The molecule has 1 aromatic heterocycles. The molecule has 0 saturated heterocycles. The molecular formula is C17H24N2O. The number of benzene rings is 1. The second-order valence-corrected chi connectivity index (χ2v) is 5.99. The quantitative estimate of drug-likeness (QED) is 0.901. The van der Waals surface area contributed by atoms with Crippen molar-refractivity contribution in [2.45, 2.75) is 39.3 Å². The summed E-state index contributed by atoms with van der Waals surface area (Å²) >= 11 is 0. The van der Waals surface area contributed by atoms with E-state index >= 15 is 0 Å². The van der Waals surface area contributed by atoms with E-state index < -0.39 is 0 Å². The Morgan fingerprint density at radius 2 is 2.00 bits per heavy atom. The summed E-state index contributed by atoms with van der Waals surface area (Å²) in [5, 5.41) is 4.64. The lowest BCUT2D eigenvalue weighted by molar-refractivity contribution is -0.0146. The minimum atomic E-state index is -0.127. The molecule has 108 valence electrons. The first-order valence-corrected chi connectivity index (χ1v) is 7.21. The molecule has 2 aromatic rings. The number of hydrogen-bond donors (Lipinski definition) is 1. The third-order valence-corrected chi connectivity index (χ3v) is 3.15. The molecule has 2 rings (SSSR count). The molecule has 0 saturated carbocycles. The van der Waals surface area contributed by atoms with E-state index in [1.165, 1.54) is 10.9 Å². The van der Waals surface area contributed by atoms with Crippen molar-refractivity contribution in [3.05, 3.63) is 42.1 Å². The van der Waals surface area contributed by atoms with Crippen molar-refractivity contribution in [3.63, 3.8) is 0 Å². The van der Waals surface area contributed by atoms with E-state index in [1.807, 2.05) is 24.4 Å². The van der Waals surface area contributed by atoms with Crippen molar-refractivity contribution in [1.29, 1.82) is 0 Å². The summed E-state index contributed by atoms with van der Waals surface area (Å²) in [5.74, 6) is 0. The van der Waals surface area contributed by atoms with E-state index in [0.717, 1.165) is 12.1 Å². The van der Waals surface area contributed by atoms with Crippen LogP contribution in [0.15, 0.2) is 36.5 Å². The van der Waals surface area contributed by atoms with E-state index in [2.05, 4.69) is 50.1 Å². The molecule has 20 heavy (non-hydrogen) atoms. The van der Waals surface area contributed by atoms with Gasteiger partial charge in [0.1, 0.15) is 0 Å². The Kier molecular flexibility index (Phi) is 4.73. The average molecular weight is 272 g/mol. The predicted octanol–water partition coefficient (Wildman–Crippen LogP) is 3.70. The zero-order chi connectivity index (χ0) is 14.6. The number of ether oxygens (including phenoxy) is 1. The Morgan fingerprint density at radius 1 is 1.25 bits per heavy atom. The third kappa shape index (κ3) is 4.02. The number of aromatic nitrogens is 1. The molecule has 1 N–H and O–H groups in total. The summed E-state index contributed by atoms with van der Waals surface area (Å²) in [6, 6.07) is 10.6.